The number of nitrogens with zero attached hydrogens (tertiary/aromatic N) is 1. The fourth-order valence-electron chi connectivity index (χ4n) is 9.12. The Morgan fingerprint density at radius 2 is 0.815 bits per heavy atom. The lowest BCUT2D eigenvalue weighted by atomic mass is 10.00. The Kier molecular flexibility index (Phi) is 37.8. The van der Waals surface area contributed by atoms with Gasteiger partial charge in [0, 0.05) is 31.2 Å². The van der Waals surface area contributed by atoms with Crippen molar-refractivity contribution in [2.45, 2.75) is 217 Å². The number of carboxylic acids is 2. The van der Waals surface area contributed by atoms with Gasteiger partial charge in [0.25, 0.3) is 0 Å². The number of nitrogens with one attached hydrogen (secondary N) is 11. The van der Waals surface area contributed by atoms with Gasteiger partial charge in [-0.3, -0.25) is 62.3 Å². The number of carbonyl (C=O) groups excluding carboxylic acids is 12. The predicted octanol–water partition coefficient (Wildman–Crippen LogP) is -6.01. The average Bonchev–Trinajstić information content (AvgIpc) is 1.29. The second kappa shape index (κ2) is 42.6. The number of aromatic amines is 1. The van der Waals surface area contributed by atoms with Gasteiger partial charge in [-0.1, -0.05) is 48.0 Å². The Morgan fingerprint density at radius 3 is 1.20 bits per heavy atom. The summed E-state index contributed by atoms with van der Waals surface area (Å²) in [7, 11) is 0. The topological polar surface area (TPSA) is 599 Å². The zero-order valence-corrected chi connectivity index (χ0v) is 53.4. The SMILES string of the molecule is CC(C)C[C@H](NC(=O)[C@H](CC(=O)O)NC(=O)[C@H](CCC(N)=O)NC(=O)[C@H](CO)NC(=O)[C@H](CC(C)C)NC(=O)[C@@H](N)CCCCN)C(=O)N[C@@H](Cc1cnc[nH]1)C(=O)N[C@@H](CCCCN)C(=O)N[C@@H](CC(C)C)C(=O)N[C@@H](CCC(N)=O)C(=O)N[C@H](C(=O)O)[C@@H](C)O. The summed E-state index contributed by atoms with van der Waals surface area (Å²) in [5.74, 6) is -16.2. The number of aliphatic carboxylic acids is 2. The van der Waals surface area contributed by atoms with E-state index in [0.717, 1.165) is 6.92 Å². The van der Waals surface area contributed by atoms with Crippen LogP contribution in [-0.2, 0) is 73.5 Å². The Bertz CT molecular complexity index is 2610. The fourth-order valence-corrected chi connectivity index (χ4v) is 9.12. The molecule has 0 aliphatic heterocycles. The number of amides is 12. The van der Waals surface area contributed by atoms with Crippen LogP contribution in [0, 0.1) is 17.8 Å². The molecule has 1 aromatic rings. The Morgan fingerprint density at radius 1 is 0.467 bits per heavy atom. The number of carboxylic acid groups (broad SMARTS) is 2. The van der Waals surface area contributed by atoms with E-state index in [9.17, 15) is 87.5 Å². The van der Waals surface area contributed by atoms with E-state index in [-0.39, 0.29) is 69.0 Å². The minimum absolute atomic E-state index is 0.0650. The van der Waals surface area contributed by atoms with Crippen molar-refractivity contribution in [1.29, 1.82) is 0 Å². The summed E-state index contributed by atoms with van der Waals surface area (Å²) in [5, 5.41) is 63.9. The van der Waals surface area contributed by atoms with Crippen LogP contribution in [0.2, 0.25) is 0 Å². The number of nitrogens with two attached hydrogens (primary N) is 5. The molecule has 520 valence electrons. The van der Waals surface area contributed by atoms with Crippen molar-refractivity contribution < 1.29 is 87.5 Å². The standard InChI is InChI=1S/C57H99N17O18/c1-28(2)20-37(68-47(81)33(60)12-8-10-18-58)53(87)73-42(26-75)56(90)67-35(14-16-43(61)77)49(83)72-41(24-45(79)80)55(89)70-39(22-30(5)6)52(86)71-40(23-32-25-63-27-64-32)54(88)65-34(13-9-11-19-59)48(82)69-38(21-29(3)4)51(85)66-36(15-17-44(62)78)50(84)74-46(31(7)76)57(91)92/h25,27-31,33-42,46,75-76H,8-24,26,58-60H2,1-7H3,(H2,61,77)(H2,62,78)(H,63,64)(H,65,88)(H,66,85)(H,67,90)(H,68,81)(H,69,82)(H,70,89)(H,71,86)(H,72,83)(H,73,87)(H,74,84)(H,79,80)(H,91,92)/t31-,33+,34+,35+,36+,37+,38+,39+,40+,41+,42+,46+/m1/s1. The zero-order valence-electron chi connectivity index (χ0n) is 53.4. The van der Waals surface area contributed by atoms with Crippen LogP contribution in [0.4, 0.5) is 0 Å². The molecule has 0 aromatic carbocycles. The first-order valence-corrected chi connectivity index (χ1v) is 30.6. The molecule has 25 N–H and O–H groups in total. The van der Waals surface area contributed by atoms with E-state index in [0.29, 0.717) is 25.8 Å². The molecule has 92 heavy (non-hydrogen) atoms. The smallest absolute Gasteiger partial charge is 0.328 e. The van der Waals surface area contributed by atoms with Gasteiger partial charge in [0.15, 0.2) is 6.04 Å². The highest BCUT2D eigenvalue weighted by Gasteiger charge is 2.38. The van der Waals surface area contributed by atoms with Gasteiger partial charge in [-0.2, -0.15) is 0 Å². The number of hydrogen-bond donors (Lipinski definition) is 20. The maximum atomic E-state index is 14.5. The van der Waals surface area contributed by atoms with E-state index in [1.165, 1.54) is 12.5 Å². The van der Waals surface area contributed by atoms with Crippen molar-refractivity contribution in [3.63, 3.8) is 0 Å². The molecule has 12 amide bonds. The third-order valence-electron chi connectivity index (χ3n) is 14.0. The van der Waals surface area contributed by atoms with Gasteiger partial charge in [0.1, 0.15) is 54.4 Å². The molecule has 0 aliphatic rings. The highest BCUT2D eigenvalue weighted by Crippen LogP contribution is 2.14. The Labute approximate surface area is 533 Å². The van der Waals surface area contributed by atoms with Crippen molar-refractivity contribution >= 4 is 82.8 Å². The third-order valence-corrected chi connectivity index (χ3v) is 14.0. The zero-order chi connectivity index (χ0) is 69.9. The molecule has 0 saturated heterocycles. The lowest BCUT2D eigenvalue weighted by molar-refractivity contribution is -0.145. The first-order chi connectivity index (χ1) is 43.1. The van der Waals surface area contributed by atoms with E-state index in [2.05, 4.69) is 63.1 Å². The summed E-state index contributed by atoms with van der Waals surface area (Å²) < 4.78 is 0. The highest BCUT2D eigenvalue weighted by atomic mass is 16.4. The van der Waals surface area contributed by atoms with Crippen LogP contribution in [-0.4, -0.2) is 205 Å². The molecular formula is C57H99N17O18. The first kappa shape index (κ1) is 81.6. The number of hydrogen-bond acceptors (Lipinski definition) is 20. The number of unbranched alkanes of at least 4 members (excludes halogenated alkanes) is 2. The molecule has 0 radical (unpaired) electrons. The molecule has 0 aliphatic carbocycles. The molecule has 35 nitrogen and oxygen atoms in total. The number of primary amides is 2. The second-order valence-electron chi connectivity index (χ2n) is 23.8. The van der Waals surface area contributed by atoms with Gasteiger partial charge in [0.05, 0.1) is 31.5 Å². The van der Waals surface area contributed by atoms with Crippen LogP contribution in [0.5, 0.6) is 0 Å². The number of rotatable bonds is 47. The molecule has 12 atom stereocenters. The number of carbonyl (C=O) groups is 14. The Hall–Kier alpha value is -8.41. The molecule has 0 saturated carbocycles. The molecule has 1 rings (SSSR count). The molecule has 35 heteroatoms. The van der Waals surface area contributed by atoms with E-state index < -0.39 is 200 Å². The van der Waals surface area contributed by atoms with Crippen molar-refractivity contribution in [1.82, 2.24) is 63.1 Å². The van der Waals surface area contributed by atoms with E-state index in [4.69, 9.17) is 28.7 Å². The van der Waals surface area contributed by atoms with Crippen molar-refractivity contribution in [3.8, 4) is 0 Å². The molecule has 0 fully saturated rings. The van der Waals surface area contributed by atoms with E-state index in [1.807, 2.05) is 0 Å². The van der Waals surface area contributed by atoms with Gasteiger partial charge in [-0.15, -0.1) is 0 Å². The molecule has 1 aromatic heterocycles. The van der Waals surface area contributed by atoms with E-state index >= 15 is 0 Å². The number of imidazole rings is 1. The number of H-pyrrole nitrogens is 1. The molecule has 1 heterocycles. The average molecular weight is 1310 g/mol. The maximum Gasteiger partial charge on any atom is 0.328 e. The van der Waals surface area contributed by atoms with Crippen LogP contribution >= 0.6 is 0 Å². The second-order valence-corrected chi connectivity index (χ2v) is 23.8. The van der Waals surface area contributed by atoms with Crippen LogP contribution in [0.1, 0.15) is 144 Å². The molecular weight excluding hydrogens is 1210 g/mol. The summed E-state index contributed by atoms with van der Waals surface area (Å²) in [6, 6.07) is -17.3. The van der Waals surface area contributed by atoms with Gasteiger partial charge >= 0.3 is 11.9 Å². The van der Waals surface area contributed by atoms with Crippen molar-refractivity contribution in [3.05, 3.63) is 18.2 Å². The highest BCUT2D eigenvalue weighted by molar-refractivity contribution is 6.00. The minimum Gasteiger partial charge on any atom is -0.481 e. The molecule has 0 spiro atoms. The number of aliphatic hydroxyl groups excluding tert-OH is 2. The Balaban J connectivity index is 3.64. The summed E-state index contributed by atoms with van der Waals surface area (Å²) in [4.78, 5) is 194. The summed E-state index contributed by atoms with van der Waals surface area (Å²) in [5.41, 5.74) is 28.3. The fraction of sp³-hybridized carbons (Fsp3) is 0.702. The lowest BCUT2D eigenvalue weighted by Gasteiger charge is -2.29. The van der Waals surface area contributed by atoms with Gasteiger partial charge in [-0.05, 0) is 102 Å². The first-order valence-electron chi connectivity index (χ1n) is 30.6. The van der Waals surface area contributed by atoms with Gasteiger partial charge in [0.2, 0.25) is 70.9 Å². The third kappa shape index (κ3) is 32.0. The van der Waals surface area contributed by atoms with Gasteiger partial charge < -0.3 is 107 Å². The lowest BCUT2D eigenvalue weighted by Crippen LogP contribution is -2.61. The van der Waals surface area contributed by atoms with Crippen LogP contribution in [0.15, 0.2) is 12.5 Å². The van der Waals surface area contributed by atoms with Crippen molar-refractivity contribution in [2.75, 3.05) is 19.7 Å². The number of aliphatic hydroxyl groups is 2. The largest absolute Gasteiger partial charge is 0.481 e. The van der Waals surface area contributed by atoms with Crippen LogP contribution in [0.3, 0.4) is 0 Å². The van der Waals surface area contributed by atoms with Crippen LogP contribution in [0.25, 0.3) is 0 Å². The monoisotopic (exact) mass is 1310 g/mol. The summed E-state index contributed by atoms with van der Waals surface area (Å²) >= 11 is 0. The molecule has 0 unspecified atom stereocenters. The molecule has 0 bridgehead atoms. The minimum atomic E-state index is -2.01. The normalized spacial score (nSPS) is 15.2. The maximum absolute atomic E-state index is 14.5. The van der Waals surface area contributed by atoms with Crippen LogP contribution < -0.4 is 81.8 Å². The predicted molar refractivity (Wildman–Crippen MR) is 329 cm³/mol. The summed E-state index contributed by atoms with van der Waals surface area (Å²) in [6.07, 6.45) is -0.682. The quantitative estimate of drug-likeness (QED) is 0.0270. The summed E-state index contributed by atoms with van der Waals surface area (Å²) in [6.45, 7) is 10.8. The van der Waals surface area contributed by atoms with Gasteiger partial charge in [-0.25, -0.2) is 9.78 Å². The van der Waals surface area contributed by atoms with E-state index in [1.54, 1.807) is 41.5 Å². The van der Waals surface area contributed by atoms with Crippen molar-refractivity contribution in [2.24, 2.45) is 46.4 Å². The number of aromatic nitrogens is 2.